The molecule has 0 saturated carbocycles. The lowest BCUT2D eigenvalue weighted by Gasteiger charge is -2.49. The number of carbonyl (C=O) groups excluding carboxylic acids is 3. The summed E-state index contributed by atoms with van der Waals surface area (Å²) in [4.78, 5) is 48.3. The quantitative estimate of drug-likeness (QED) is 0.297. The number of carbonyl (C=O) groups is 4. The number of allylic oxidation sites excluding steroid dienone is 1. The molecule has 3 aliphatic heterocycles. The minimum absolute atomic E-state index is 0.118. The second kappa shape index (κ2) is 10.1. The van der Waals surface area contributed by atoms with E-state index >= 15 is 0 Å². The van der Waals surface area contributed by atoms with Crippen molar-refractivity contribution < 1.29 is 47.1 Å². The van der Waals surface area contributed by atoms with E-state index in [1.807, 2.05) is 36.0 Å². The van der Waals surface area contributed by atoms with E-state index in [4.69, 9.17) is 15.6 Å². The van der Waals surface area contributed by atoms with Crippen LogP contribution in [0.25, 0.3) is 0 Å². The highest BCUT2D eigenvalue weighted by atomic mass is 32.2. The molecule has 2 fully saturated rings. The van der Waals surface area contributed by atoms with Crippen molar-refractivity contribution in [1.82, 2.24) is 9.80 Å². The second-order valence-electron chi connectivity index (χ2n) is 7.85. The minimum Gasteiger partial charge on any atom is -0.543 e. The Morgan fingerprint density at radius 2 is 2.00 bits per heavy atom. The Kier molecular flexibility index (Phi) is 7.55. The van der Waals surface area contributed by atoms with Crippen LogP contribution in [0.15, 0.2) is 47.3 Å². The van der Waals surface area contributed by atoms with Gasteiger partial charge >= 0.3 is 12.1 Å². The normalized spacial score (nSPS) is 23.1. The van der Waals surface area contributed by atoms with Crippen LogP contribution < -0.4 is 15.4 Å². The molecular formula is C21H21F3N4O6S. The standard InChI is InChI=1S/C19H20N4O4S.C2HF3O2/c1-21-6-3-2-4-13(21)9-22-7-5-11(16(22)24)8-12-10-28-18-14(20)17(25)23(18)15(12)19(26)27;3-2(4,5)1(6)7/h2-4,6,8,14,18H,5,7,9-10,20H2,1H3;(H,6,7)/b11-8+;/t14-,18-;/m1./s1. The molecule has 1 aromatic heterocycles. The number of aliphatic carboxylic acids is 2. The number of β-lactam (4-membered cyclic amide) rings is 1. The molecule has 0 radical (unpaired) electrons. The average molecular weight is 514 g/mol. The molecule has 188 valence electrons. The molecule has 14 heteroatoms. The molecule has 0 aliphatic carbocycles. The second-order valence-corrected chi connectivity index (χ2v) is 8.95. The lowest BCUT2D eigenvalue weighted by Crippen LogP contribution is -2.69. The van der Waals surface area contributed by atoms with Crippen LogP contribution in [0, 0.1) is 0 Å². The molecule has 4 rings (SSSR count). The number of halogens is 3. The van der Waals surface area contributed by atoms with E-state index in [-0.39, 0.29) is 17.0 Å². The third-order valence-electron chi connectivity index (χ3n) is 5.55. The molecule has 2 saturated heterocycles. The van der Waals surface area contributed by atoms with E-state index in [1.54, 1.807) is 11.0 Å². The Morgan fingerprint density at radius 3 is 2.57 bits per heavy atom. The number of carboxylic acid groups (broad SMARTS) is 2. The Balaban J connectivity index is 0.000000429. The first-order valence-electron chi connectivity index (χ1n) is 10.2. The molecule has 35 heavy (non-hydrogen) atoms. The van der Waals surface area contributed by atoms with Crippen LogP contribution in [-0.2, 0) is 32.8 Å². The zero-order chi connectivity index (χ0) is 26.1. The Hall–Kier alpha value is -3.39. The highest BCUT2D eigenvalue weighted by molar-refractivity contribution is 8.00. The lowest BCUT2D eigenvalue weighted by atomic mass is 10.0. The number of hydrogen-bond acceptors (Lipinski definition) is 7. The summed E-state index contributed by atoms with van der Waals surface area (Å²) >= 11 is 1.40. The van der Waals surface area contributed by atoms with Crippen molar-refractivity contribution in [2.45, 2.75) is 30.6 Å². The summed E-state index contributed by atoms with van der Waals surface area (Å²) in [5, 5.41) is 18.4. The van der Waals surface area contributed by atoms with Gasteiger partial charge in [-0.25, -0.2) is 9.36 Å². The highest BCUT2D eigenvalue weighted by Gasteiger charge is 2.50. The number of carboxylic acids is 2. The van der Waals surface area contributed by atoms with Gasteiger partial charge < -0.3 is 25.6 Å². The van der Waals surface area contributed by atoms with E-state index < -0.39 is 30.1 Å². The van der Waals surface area contributed by atoms with Gasteiger partial charge in [-0.2, -0.15) is 13.2 Å². The van der Waals surface area contributed by atoms with E-state index in [1.165, 1.54) is 16.7 Å². The lowest BCUT2D eigenvalue weighted by molar-refractivity contribution is -0.680. The number of rotatable bonds is 4. The van der Waals surface area contributed by atoms with E-state index in [0.717, 1.165) is 5.69 Å². The fraction of sp³-hybridized carbons (Fsp3) is 0.381. The first-order valence-corrected chi connectivity index (χ1v) is 11.3. The maximum atomic E-state index is 12.8. The van der Waals surface area contributed by atoms with Crippen molar-refractivity contribution in [2.75, 3.05) is 12.3 Å². The SMILES string of the molecule is C[n+]1ccccc1CN1CC/C(=C\C2=C(C(=O)[O-])N3C(=O)[C@@H](N)[C@H]3SC2)C1=O.O=C(O)C(F)(F)F. The van der Waals surface area contributed by atoms with Crippen LogP contribution in [0.3, 0.4) is 0 Å². The summed E-state index contributed by atoms with van der Waals surface area (Å²) in [6, 6.07) is 5.12. The molecule has 0 bridgehead atoms. The first kappa shape index (κ1) is 26.2. The van der Waals surface area contributed by atoms with Gasteiger partial charge in [0.05, 0.1) is 11.7 Å². The van der Waals surface area contributed by atoms with Crippen LogP contribution in [0.5, 0.6) is 0 Å². The molecule has 4 heterocycles. The van der Waals surface area contributed by atoms with Crippen molar-refractivity contribution in [2.24, 2.45) is 12.8 Å². The zero-order valence-corrected chi connectivity index (χ0v) is 19.1. The summed E-state index contributed by atoms with van der Waals surface area (Å²) in [5.74, 6) is -4.35. The van der Waals surface area contributed by atoms with Crippen molar-refractivity contribution in [3.63, 3.8) is 0 Å². The van der Waals surface area contributed by atoms with Gasteiger partial charge in [0.25, 0.3) is 0 Å². The Labute approximate surface area is 201 Å². The largest absolute Gasteiger partial charge is 0.543 e. The molecule has 10 nitrogen and oxygen atoms in total. The number of hydrogen-bond donors (Lipinski definition) is 2. The fourth-order valence-electron chi connectivity index (χ4n) is 3.72. The predicted octanol–water partition coefficient (Wildman–Crippen LogP) is -0.950. The summed E-state index contributed by atoms with van der Waals surface area (Å²) < 4.78 is 33.7. The smallest absolute Gasteiger partial charge is 0.490 e. The van der Waals surface area contributed by atoms with Crippen LogP contribution in [0.1, 0.15) is 12.1 Å². The Bertz CT molecular complexity index is 1140. The first-order chi connectivity index (χ1) is 16.3. The van der Waals surface area contributed by atoms with E-state index in [0.29, 0.717) is 36.4 Å². The average Bonchev–Trinajstić information content (AvgIpc) is 3.13. The van der Waals surface area contributed by atoms with Gasteiger partial charge in [-0.1, -0.05) is 6.07 Å². The summed E-state index contributed by atoms with van der Waals surface area (Å²) in [6.45, 7) is 1.05. The van der Waals surface area contributed by atoms with Gasteiger partial charge in [-0.3, -0.25) is 14.5 Å². The zero-order valence-electron chi connectivity index (χ0n) is 18.3. The topological polar surface area (TPSA) is 148 Å². The monoisotopic (exact) mass is 514 g/mol. The fourth-order valence-corrected chi connectivity index (χ4v) is 4.97. The van der Waals surface area contributed by atoms with Crippen molar-refractivity contribution in [3.8, 4) is 0 Å². The van der Waals surface area contributed by atoms with Gasteiger partial charge in [0, 0.05) is 30.0 Å². The molecule has 0 spiro atoms. The van der Waals surface area contributed by atoms with Crippen LogP contribution in [0.2, 0.25) is 0 Å². The molecule has 2 amide bonds. The van der Waals surface area contributed by atoms with Gasteiger partial charge in [0.15, 0.2) is 6.20 Å². The maximum absolute atomic E-state index is 12.8. The molecule has 1 aromatic rings. The third kappa shape index (κ3) is 5.48. The minimum atomic E-state index is -5.08. The molecular weight excluding hydrogens is 493 g/mol. The number of alkyl halides is 3. The van der Waals surface area contributed by atoms with Crippen LogP contribution in [0.4, 0.5) is 13.2 Å². The number of nitrogens with two attached hydrogens (primary N) is 1. The van der Waals surface area contributed by atoms with Gasteiger partial charge in [0.2, 0.25) is 17.5 Å². The van der Waals surface area contributed by atoms with Crippen molar-refractivity contribution in [3.05, 3.63) is 53.0 Å². The summed E-state index contributed by atoms with van der Waals surface area (Å²) in [6.07, 6.45) is -1.02. The van der Waals surface area contributed by atoms with Gasteiger partial charge in [-0.05, 0) is 18.1 Å². The predicted molar refractivity (Wildman–Crippen MR) is 113 cm³/mol. The maximum Gasteiger partial charge on any atom is 0.490 e. The molecule has 2 atom stereocenters. The van der Waals surface area contributed by atoms with Crippen molar-refractivity contribution >= 4 is 35.5 Å². The number of likely N-dealkylation sites (tertiary alicyclic amines) is 1. The van der Waals surface area contributed by atoms with Gasteiger partial charge in [-0.15, -0.1) is 11.8 Å². The number of aryl methyl sites for hydroxylation is 1. The highest BCUT2D eigenvalue weighted by Crippen LogP contribution is 2.40. The summed E-state index contributed by atoms with van der Waals surface area (Å²) in [7, 11) is 1.92. The number of thioether (sulfide) groups is 1. The number of aromatic nitrogens is 1. The van der Waals surface area contributed by atoms with Crippen molar-refractivity contribution in [1.29, 1.82) is 0 Å². The number of nitrogens with zero attached hydrogens (tertiary/aromatic N) is 3. The Morgan fingerprint density at radius 1 is 1.34 bits per heavy atom. The number of fused-ring (bicyclic) bond motifs is 1. The van der Waals surface area contributed by atoms with Crippen LogP contribution in [-0.4, -0.2) is 68.5 Å². The van der Waals surface area contributed by atoms with E-state index in [9.17, 15) is 32.7 Å². The van der Waals surface area contributed by atoms with Gasteiger partial charge in [0.1, 0.15) is 25.0 Å². The number of amides is 2. The van der Waals surface area contributed by atoms with Crippen LogP contribution >= 0.6 is 11.8 Å². The van der Waals surface area contributed by atoms with E-state index in [2.05, 4.69) is 0 Å². The number of pyridine rings is 1. The molecule has 0 unspecified atom stereocenters. The molecule has 3 aliphatic rings. The third-order valence-corrected chi connectivity index (χ3v) is 6.87. The summed E-state index contributed by atoms with van der Waals surface area (Å²) in [5.41, 5.74) is 7.56. The molecule has 0 aromatic carbocycles. The molecule has 3 N–H and O–H groups in total.